The summed E-state index contributed by atoms with van der Waals surface area (Å²) in [6.07, 6.45) is 4.66. The van der Waals surface area contributed by atoms with Gasteiger partial charge in [-0.15, -0.1) is 0 Å². The number of hydrogen-bond donors (Lipinski definition) is 1. The molecule has 0 spiro atoms. The molecule has 0 aromatic carbocycles. The molecule has 0 bridgehead atoms. The number of rotatable bonds is 7. The number of carboxylic acid groups (broad SMARTS) is 1. The highest BCUT2D eigenvalue weighted by molar-refractivity contribution is 5.77. The summed E-state index contributed by atoms with van der Waals surface area (Å²) >= 11 is 0. The number of amides is 1. The summed E-state index contributed by atoms with van der Waals surface area (Å²) in [5.74, 6) is -0.642. The molecule has 1 rings (SSSR count). The van der Waals surface area contributed by atoms with Crippen LogP contribution in [0.1, 0.15) is 39.0 Å². The van der Waals surface area contributed by atoms with Crippen molar-refractivity contribution in [2.24, 2.45) is 11.8 Å². The van der Waals surface area contributed by atoms with Gasteiger partial charge in [0.15, 0.2) is 0 Å². The fourth-order valence-electron chi connectivity index (χ4n) is 2.36. The third-order valence-corrected chi connectivity index (χ3v) is 3.74. The average molecular weight is 271 g/mol. The SMILES string of the molecule is CC(CN(C)C(=O)CCCC1CCOCC1)C(=O)O. The molecule has 1 N–H and O–H groups in total. The molecule has 0 saturated carbocycles. The average Bonchev–Trinajstić information content (AvgIpc) is 2.39. The highest BCUT2D eigenvalue weighted by Crippen LogP contribution is 2.21. The van der Waals surface area contributed by atoms with Crippen molar-refractivity contribution < 1.29 is 19.4 Å². The Morgan fingerprint density at radius 2 is 2.00 bits per heavy atom. The van der Waals surface area contributed by atoms with E-state index >= 15 is 0 Å². The molecule has 0 aromatic heterocycles. The second-order valence-electron chi connectivity index (χ2n) is 5.46. The Hall–Kier alpha value is -1.10. The molecule has 1 aliphatic rings. The van der Waals surface area contributed by atoms with E-state index < -0.39 is 11.9 Å². The number of carboxylic acids is 1. The zero-order chi connectivity index (χ0) is 14.3. The topological polar surface area (TPSA) is 66.8 Å². The summed E-state index contributed by atoms with van der Waals surface area (Å²) < 4.78 is 5.30. The predicted octanol–water partition coefficient (Wildman–Crippen LogP) is 1.76. The van der Waals surface area contributed by atoms with Crippen molar-refractivity contribution in [2.75, 3.05) is 26.8 Å². The molecule has 0 radical (unpaired) electrons. The summed E-state index contributed by atoms with van der Waals surface area (Å²) in [6, 6.07) is 0. The third kappa shape index (κ3) is 6.05. The number of hydrogen-bond acceptors (Lipinski definition) is 3. The van der Waals surface area contributed by atoms with Crippen LogP contribution in [0.4, 0.5) is 0 Å². The highest BCUT2D eigenvalue weighted by Gasteiger charge is 2.18. The quantitative estimate of drug-likeness (QED) is 0.766. The lowest BCUT2D eigenvalue weighted by atomic mass is 9.94. The number of nitrogens with zero attached hydrogens (tertiary/aromatic N) is 1. The van der Waals surface area contributed by atoms with Crippen molar-refractivity contribution in [1.29, 1.82) is 0 Å². The lowest BCUT2D eigenvalue weighted by molar-refractivity contribution is -0.142. The van der Waals surface area contributed by atoms with E-state index in [1.54, 1.807) is 14.0 Å². The maximum absolute atomic E-state index is 11.9. The van der Waals surface area contributed by atoms with Crippen molar-refractivity contribution in [3.05, 3.63) is 0 Å². The van der Waals surface area contributed by atoms with Gasteiger partial charge in [0.2, 0.25) is 5.91 Å². The van der Waals surface area contributed by atoms with Crippen LogP contribution in [0.25, 0.3) is 0 Å². The van der Waals surface area contributed by atoms with E-state index in [0.717, 1.165) is 38.9 Å². The molecule has 1 saturated heterocycles. The number of ether oxygens (including phenoxy) is 1. The van der Waals surface area contributed by atoms with E-state index in [9.17, 15) is 9.59 Å². The number of carbonyl (C=O) groups excluding carboxylic acids is 1. The summed E-state index contributed by atoms with van der Waals surface area (Å²) in [7, 11) is 1.68. The minimum Gasteiger partial charge on any atom is -0.481 e. The Labute approximate surface area is 114 Å². The maximum Gasteiger partial charge on any atom is 0.308 e. The minimum absolute atomic E-state index is 0.0418. The molecule has 1 amide bonds. The molecule has 1 atom stereocenters. The van der Waals surface area contributed by atoms with E-state index in [1.165, 1.54) is 4.90 Å². The van der Waals surface area contributed by atoms with E-state index in [2.05, 4.69) is 0 Å². The molecule has 19 heavy (non-hydrogen) atoms. The molecule has 5 nitrogen and oxygen atoms in total. The molecular weight excluding hydrogens is 246 g/mol. The lowest BCUT2D eigenvalue weighted by Crippen LogP contribution is -2.33. The number of carbonyl (C=O) groups is 2. The van der Waals surface area contributed by atoms with Crippen molar-refractivity contribution in [3.63, 3.8) is 0 Å². The zero-order valence-corrected chi connectivity index (χ0v) is 11.9. The Balaban J connectivity index is 2.17. The Morgan fingerprint density at radius 3 is 2.58 bits per heavy atom. The largest absolute Gasteiger partial charge is 0.481 e. The summed E-state index contributed by atoms with van der Waals surface area (Å²) in [4.78, 5) is 24.1. The van der Waals surface area contributed by atoms with E-state index in [1.807, 2.05) is 0 Å². The van der Waals surface area contributed by atoms with Crippen LogP contribution in [0.15, 0.2) is 0 Å². The second kappa shape index (κ2) is 8.15. The molecule has 1 fully saturated rings. The van der Waals surface area contributed by atoms with Gasteiger partial charge >= 0.3 is 5.97 Å². The molecule has 110 valence electrons. The van der Waals surface area contributed by atoms with Crippen molar-refractivity contribution in [1.82, 2.24) is 4.90 Å². The van der Waals surface area contributed by atoms with Gasteiger partial charge in [0.25, 0.3) is 0 Å². The molecule has 1 unspecified atom stereocenters. The molecular formula is C14H25NO4. The fraction of sp³-hybridized carbons (Fsp3) is 0.857. The van der Waals surface area contributed by atoms with Gasteiger partial charge < -0.3 is 14.7 Å². The highest BCUT2D eigenvalue weighted by atomic mass is 16.5. The van der Waals surface area contributed by atoms with Crippen LogP contribution >= 0.6 is 0 Å². The van der Waals surface area contributed by atoms with Gasteiger partial charge in [-0.1, -0.05) is 6.92 Å². The van der Waals surface area contributed by atoms with Crippen molar-refractivity contribution in [2.45, 2.75) is 39.0 Å². The van der Waals surface area contributed by atoms with Crippen LogP contribution in [0.3, 0.4) is 0 Å². The van der Waals surface area contributed by atoms with Gasteiger partial charge in [-0.05, 0) is 31.6 Å². The first-order valence-corrected chi connectivity index (χ1v) is 7.05. The second-order valence-corrected chi connectivity index (χ2v) is 5.46. The predicted molar refractivity (Wildman–Crippen MR) is 71.8 cm³/mol. The smallest absolute Gasteiger partial charge is 0.308 e. The fourth-order valence-corrected chi connectivity index (χ4v) is 2.36. The summed E-state index contributed by atoms with van der Waals surface area (Å²) in [5.41, 5.74) is 0. The Bertz CT molecular complexity index is 300. The van der Waals surface area contributed by atoms with Crippen molar-refractivity contribution in [3.8, 4) is 0 Å². The van der Waals surface area contributed by atoms with E-state index in [0.29, 0.717) is 12.3 Å². The first-order valence-electron chi connectivity index (χ1n) is 7.05. The first-order chi connectivity index (χ1) is 9.00. The van der Waals surface area contributed by atoms with Gasteiger partial charge in [-0.2, -0.15) is 0 Å². The standard InChI is InChI=1S/C14H25NO4/c1-11(14(17)18)10-15(2)13(16)5-3-4-12-6-8-19-9-7-12/h11-12H,3-10H2,1-2H3,(H,17,18). The van der Waals surface area contributed by atoms with Gasteiger partial charge in [0.05, 0.1) is 5.92 Å². The summed E-state index contributed by atoms with van der Waals surface area (Å²) in [5, 5.41) is 8.81. The first kappa shape index (κ1) is 16.0. The van der Waals surface area contributed by atoms with Crippen LogP contribution in [0.2, 0.25) is 0 Å². The van der Waals surface area contributed by atoms with Gasteiger partial charge in [0, 0.05) is 33.2 Å². The molecule has 0 aromatic rings. The van der Waals surface area contributed by atoms with Crippen LogP contribution in [-0.4, -0.2) is 48.7 Å². The monoisotopic (exact) mass is 271 g/mol. The Kier molecular flexibility index (Phi) is 6.84. The maximum atomic E-state index is 11.9. The van der Waals surface area contributed by atoms with Crippen LogP contribution in [0.5, 0.6) is 0 Å². The van der Waals surface area contributed by atoms with Crippen LogP contribution < -0.4 is 0 Å². The van der Waals surface area contributed by atoms with E-state index in [4.69, 9.17) is 9.84 Å². The molecule has 5 heteroatoms. The third-order valence-electron chi connectivity index (χ3n) is 3.74. The van der Waals surface area contributed by atoms with Gasteiger partial charge in [-0.3, -0.25) is 9.59 Å². The van der Waals surface area contributed by atoms with E-state index in [-0.39, 0.29) is 12.5 Å². The normalized spacial score (nSPS) is 18.0. The molecule has 1 aliphatic heterocycles. The summed E-state index contributed by atoms with van der Waals surface area (Å²) in [6.45, 7) is 3.59. The molecule has 1 heterocycles. The van der Waals surface area contributed by atoms with Gasteiger partial charge in [-0.25, -0.2) is 0 Å². The lowest BCUT2D eigenvalue weighted by Gasteiger charge is -2.23. The van der Waals surface area contributed by atoms with Crippen LogP contribution in [-0.2, 0) is 14.3 Å². The van der Waals surface area contributed by atoms with Gasteiger partial charge in [0.1, 0.15) is 0 Å². The molecule has 0 aliphatic carbocycles. The van der Waals surface area contributed by atoms with Crippen molar-refractivity contribution >= 4 is 11.9 Å². The minimum atomic E-state index is -0.859. The Morgan fingerprint density at radius 1 is 1.37 bits per heavy atom. The zero-order valence-electron chi connectivity index (χ0n) is 11.9. The van der Waals surface area contributed by atoms with Crippen LogP contribution in [0, 0.1) is 11.8 Å². The number of aliphatic carboxylic acids is 1.